The van der Waals surface area contributed by atoms with E-state index in [0.717, 1.165) is 11.1 Å². The van der Waals surface area contributed by atoms with Crippen molar-refractivity contribution in [3.8, 4) is 23.0 Å². The number of esters is 1. The van der Waals surface area contributed by atoms with Crippen molar-refractivity contribution in [1.29, 1.82) is 0 Å². The van der Waals surface area contributed by atoms with Crippen molar-refractivity contribution in [2.45, 2.75) is 20.0 Å². The van der Waals surface area contributed by atoms with E-state index in [0.29, 0.717) is 53.8 Å². The van der Waals surface area contributed by atoms with Crippen molar-refractivity contribution < 1.29 is 33.3 Å². The molecular weight excluding hydrogens is 510 g/mol. The highest BCUT2D eigenvalue weighted by molar-refractivity contribution is 6.16. The van der Waals surface area contributed by atoms with E-state index in [2.05, 4.69) is 0 Å². The van der Waals surface area contributed by atoms with Gasteiger partial charge in [0.1, 0.15) is 6.61 Å². The molecule has 0 saturated carbocycles. The van der Waals surface area contributed by atoms with Crippen LogP contribution in [-0.4, -0.2) is 51.8 Å². The van der Waals surface area contributed by atoms with Crippen molar-refractivity contribution in [3.05, 3.63) is 100 Å². The maximum Gasteiger partial charge on any atom is 0.340 e. The fraction of sp³-hybridized carbons (Fsp3) is 0.250. The molecular formula is C32H33NO7. The number of benzene rings is 3. The second kappa shape index (κ2) is 12.9. The molecule has 0 unspecified atom stereocenters. The average Bonchev–Trinajstić information content (AvgIpc) is 3.22. The van der Waals surface area contributed by atoms with E-state index >= 15 is 0 Å². The summed E-state index contributed by atoms with van der Waals surface area (Å²) in [5.41, 5.74) is 3.72. The minimum atomic E-state index is -0.569. The summed E-state index contributed by atoms with van der Waals surface area (Å²) in [6, 6.07) is 20.8. The first-order chi connectivity index (χ1) is 19.4. The second-order valence-electron chi connectivity index (χ2n) is 9.09. The van der Waals surface area contributed by atoms with Gasteiger partial charge in [0.2, 0.25) is 0 Å². The molecule has 8 heteroatoms. The zero-order chi connectivity index (χ0) is 28.6. The number of amides is 1. The molecule has 1 amide bonds. The van der Waals surface area contributed by atoms with Crippen molar-refractivity contribution in [2.24, 2.45) is 0 Å². The lowest BCUT2D eigenvalue weighted by molar-refractivity contribution is -0.136. The zero-order valence-electron chi connectivity index (χ0n) is 23.4. The third-order valence-electron chi connectivity index (χ3n) is 6.71. The van der Waals surface area contributed by atoms with Gasteiger partial charge in [0.15, 0.2) is 23.0 Å². The SMILES string of the molecule is COC(=O)C1=C(C)N(CCc2ccc(OC)c(OC)c2)C(=O)/C1=C\c1ccc(OCc2ccccc2)c(OC)c1. The van der Waals surface area contributed by atoms with Gasteiger partial charge < -0.3 is 28.6 Å². The van der Waals surface area contributed by atoms with Crippen LogP contribution < -0.4 is 18.9 Å². The number of carbonyl (C=O) groups is 2. The number of ether oxygens (including phenoxy) is 5. The topological polar surface area (TPSA) is 83.5 Å². The lowest BCUT2D eigenvalue weighted by Crippen LogP contribution is -2.27. The van der Waals surface area contributed by atoms with Gasteiger partial charge >= 0.3 is 5.97 Å². The van der Waals surface area contributed by atoms with Crippen LogP contribution in [0.4, 0.5) is 0 Å². The van der Waals surface area contributed by atoms with E-state index in [-0.39, 0.29) is 17.1 Å². The van der Waals surface area contributed by atoms with Gasteiger partial charge in [-0.1, -0.05) is 42.5 Å². The van der Waals surface area contributed by atoms with Crippen LogP contribution in [0.25, 0.3) is 6.08 Å². The maximum atomic E-state index is 13.6. The summed E-state index contributed by atoms with van der Waals surface area (Å²) in [4.78, 5) is 28.0. The molecule has 1 heterocycles. The molecule has 1 aliphatic rings. The number of carbonyl (C=O) groups excluding carboxylic acids is 2. The fourth-order valence-corrected chi connectivity index (χ4v) is 4.57. The predicted octanol–water partition coefficient (Wildman–Crippen LogP) is 5.21. The molecule has 0 N–H and O–H groups in total. The first-order valence-corrected chi connectivity index (χ1v) is 12.8. The molecule has 0 fully saturated rings. The summed E-state index contributed by atoms with van der Waals surface area (Å²) in [5, 5.41) is 0. The monoisotopic (exact) mass is 543 g/mol. The summed E-state index contributed by atoms with van der Waals surface area (Å²) in [5.74, 6) is 1.48. The Balaban J connectivity index is 1.58. The standard InChI is InChI=1S/C32H33NO7/c1-21-30(32(35)39-5)25(31(34)33(21)16-15-22-11-13-26(36-2)28(18-22)37-3)17-24-12-14-27(29(19-24)38-4)40-20-23-9-7-6-8-10-23/h6-14,17-19H,15-16,20H2,1-5H3/b25-17-. The molecule has 0 aliphatic carbocycles. The average molecular weight is 544 g/mol. The molecule has 0 saturated heterocycles. The minimum Gasteiger partial charge on any atom is -0.493 e. The lowest BCUT2D eigenvalue weighted by atomic mass is 10.0. The van der Waals surface area contributed by atoms with Gasteiger partial charge in [0, 0.05) is 12.2 Å². The Morgan fingerprint density at radius 1 is 0.800 bits per heavy atom. The minimum absolute atomic E-state index is 0.239. The van der Waals surface area contributed by atoms with Crippen LogP contribution in [0.5, 0.6) is 23.0 Å². The van der Waals surface area contributed by atoms with Crippen molar-refractivity contribution in [1.82, 2.24) is 4.90 Å². The highest BCUT2D eigenvalue weighted by Crippen LogP contribution is 2.35. The molecule has 0 spiro atoms. The first-order valence-electron chi connectivity index (χ1n) is 12.8. The lowest BCUT2D eigenvalue weighted by Gasteiger charge is -2.18. The Labute approximate surface area is 234 Å². The number of methoxy groups -OCH3 is 4. The molecule has 0 bridgehead atoms. The molecule has 1 aliphatic heterocycles. The molecule has 40 heavy (non-hydrogen) atoms. The van der Waals surface area contributed by atoms with Gasteiger partial charge in [-0.2, -0.15) is 0 Å². The van der Waals surface area contributed by atoms with Crippen molar-refractivity contribution in [3.63, 3.8) is 0 Å². The van der Waals surface area contributed by atoms with Gasteiger partial charge in [-0.25, -0.2) is 4.79 Å². The Kier molecular flexibility index (Phi) is 9.11. The quantitative estimate of drug-likeness (QED) is 0.243. The number of allylic oxidation sites excluding steroid dienone is 1. The fourth-order valence-electron chi connectivity index (χ4n) is 4.57. The molecule has 3 aromatic rings. The number of hydrogen-bond acceptors (Lipinski definition) is 7. The molecule has 208 valence electrons. The highest BCUT2D eigenvalue weighted by atomic mass is 16.5. The van der Waals surface area contributed by atoms with E-state index in [1.165, 1.54) is 7.11 Å². The summed E-state index contributed by atoms with van der Waals surface area (Å²) < 4.78 is 27.3. The molecule has 4 rings (SSSR count). The van der Waals surface area contributed by atoms with Gasteiger partial charge in [-0.05, 0) is 60.4 Å². The third-order valence-corrected chi connectivity index (χ3v) is 6.71. The zero-order valence-corrected chi connectivity index (χ0v) is 23.4. The molecule has 0 atom stereocenters. The van der Waals surface area contributed by atoms with E-state index < -0.39 is 5.97 Å². The Hall–Kier alpha value is -4.72. The van der Waals surface area contributed by atoms with E-state index in [4.69, 9.17) is 23.7 Å². The Morgan fingerprint density at radius 3 is 2.15 bits per heavy atom. The third kappa shape index (κ3) is 6.12. The van der Waals surface area contributed by atoms with Crippen molar-refractivity contribution >= 4 is 18.0 Å². The number of nitrogens with zero attached hydrogens (tertiary/aromatic N) is 1. The van der Waals surface area contributed by atoms with E-state index in [9.17, 15) is 9.59 Å². The first kappa shape index (κ1) is 28.3. The number of rotatable bonds is 11. The summed E-state index contributed by atoms with van der Waals surface area (Å²) in [7, 11) is 6.02. The van der Waals surface area contributed by atoms with Gasteiger partial charge in [-0.3, -0.25) is 4.79 Å². The summed E-state index contributed by atoms with van der Waals surface area (Å²) in [6.07, 6.45) is 2.23. The van der Waals surface area contributed by atoms with Crippen molar-refractivity contribution in [2.75, 3.05) is 35.0 Å². The predicted molar refractivity (Wildman–Crippen MR) is 151 cm³/mol. The normalized spacial score (nSPS) is 14.0. The highest BCUT2D eigenvalue weighted by Gasteiger charge is 2.36. The number of hydrogen-bond donors (Lipinski definition) is 0. The van der Waals surface area contributed by atoms with Crippen LogP contribution in [0.1, 0.15) is 23.6 Å². The smallest absolute Gasteiger partial charge is 0.340 e. The maximum absolute atomic E-state index is 13.6. The van der Waals surface area contributed by atoms with E-state index in [1.54, 1.807) is 51.4 Å². The van der Waals surface area contributed by atoms with Crippen LogP contribution in [0, 0.1) is 0 Å². The van der Waals surface area contributed by atoms with Crippen LogP contribution >= 0.6 is 0 Å². The van der Waals surface area contributed by atoms with Crippen LogP contribution in [-0.2, 0) is 27.4 Å². The van der Waals surface area contributed by atoms with Crippen LogP contribution in [0.15, 0.2) is 83.6 Å². The summed E-state index contributed by atoms with van der Waals surface area (Å²) in [6.45, 7) is 2.51. The molecule has 8 nitrogen and oxygen atoms in total. The van der Waals surface area contributed by atoms with E-state index in [1.807, 2.05) is 54.6 Å². The molecule has 0 radical (unpaired) electrons. The second-order valence-corrected chi connectivity index (χ2v) is 9.09. The van der Waals surface area contributed by atoms with Gasteiger partial charge in [0.05, 0.1) is 39.6 Å². The molecule has 0 aromatic heterocycles. The van der Waals surface area contributed by atoms with Gasteiger partial charge in [-0.15, -0.1) is 0 Å². The Bertz CT molecular complexity index is 1440. The Morgan fingerprint density at radius 2 is 1.48 bits per heavy atom. The van der Waals surface area contributed by atoms with Crippen LogP contribution in [0.3, 0.4) is 0 Å². The molecule has 3 aromatic carbocycles. The largest absolute Gasteiger partial charge is 0.493 e. The van der Waals surface area contributed by atoms with Crippen LogP contribution in [0.2, 0.25) is 0 Å². The summed E-state index contributed by atoms with van der Waals surface area (Å²) >= 11 is 0. The van der Waals surface area contributed by atoms with Gasteiger partial charge in [0.25, 0.3) is 5.91 Å².